The molecule has 0 amide bonds. The molecule has 34 heavy (non-hydrogen) atoms. The van der Waals surface area contributed by atoms with Gasteiger partial charge < -0.3 is 4.90 Å². The first-order valence-corrected chi connectivity index (χ1v) is 10.8. The lowest BCUT2D eigenvalue weighted by Gasteiger charge is -2.24. The van der Waals surface area contributed by atoms with Crippen LogP contribution in [0.1, 0.15) is 39.3 Å². The van der Waals surface area contributed by atoms with Gasteiger partial charge in [0, 0.05) is 19.8 Å². The molecule has 3 rings (SSSR count). The van der Waals surface area contributed by atoms with Crippen LogP contribution in [0.5, 0.6) is 0 Å². The second-order valence-corrected chi connectivity index (χ2v) is 8.66. The highest BCUT2D eigenvalue weighted by molar-refractivity contribution is 5.72. The van der Waals surface area contributed by atoms with Gasteiger partial charge in [-0.25, -0.2) is 0 Å². The van der Waals surface area contributed by atoms with Crippen molar-refractivity contribution in [3.8, 4) is 35.4 Å². The summed E-state index contributed by atoms with van der Waals surface area (Å²) in [6, 6.07) is 25.6. The van der Waals surface area contributed by atoms with Gasteiger partial charge in [0.25, 0.3) is 0 Å². The fourth-order valence-electron chi connectivity index (χ4n) is 4.32. The number of hydrogen-bond acceptors (Lipinski definition) is 5. The Hall–Kier alpha value is -4.58. The largest absolute Gasteiger partial charge is 0.378 e. The zero-order valence-corrected chi connectivity index (χ0v) is 20.0. The van der Waals surface area contributed by atoms with Crippen LogP contribution in [0.15, 0.2) is 54.6 Å². The molecule has 0 saturated carbocycles. The number of benzene rings is 3. The highest BCUT2D eigenvalue weighted by Crippen LogP contribution is 2.38. The molecule has 0 fully saturated rings. The number of rotatable bonds is 5. The van der Waals surface area contributed by atoms with Gasteiger partial charge in [-0.2, -0.15) is 21.0 Å². The summed E-state index contributed by atoms with van der Waals surface area (Å²) in [5.41, 5.74) is 6.27. The van der Waals surface area contributed by atoms with Crippen LogP contribution in [0, 0.1) is 66.1 Å². The molecule has 5 heteroatoms. The van der Waals surface area contributed by atoms with Crippen LogP contribution in [0.2, 0.25) is 0 Å². The molecule has 0 atom stereocenters. The van der Waals surface area contributed by atoms with Gasteiger partial charge >= 0.3 is 0 Å². The zero-order valence-electron chi connectivity index (χ0n) is 20.0. The van der Waals surface area contributed by atoms with Gasteiger partial charge in [-0.3, -0.25) is 0 Å². The molecular formula is C29H25N5. The molecule has 0 N–H and O–H groups in total. The molecule has 3 aromatic carbocycles. The molecule has 0 unspecified atom stereocenters. The molecule has 0 aliphatic rings. The lowest BCUT2D eigenvalue weighted by Crippen LogP contribution is -2.25. The third-order valence-corrected chi connectivity index (χ3v) is 6.26. The van der Waals surface area contributed by atoms with E-state index in [1.807, 2.05) is 100 Å². The Balaban J connectivity index is 2.11. The average Bonchev–Trinajstić information content (AvgIpc) is 2.82. The summed E-state index contributed by atoms with van der Waals surface area (Å²) in [4.78, 5) is 1.99. The Morgan fingerprint density at radius 3 is 1.76 bits per heavy atom. The highest BCUT2D eigenvalue weighted by atomic mass is 15.1. The number of anilines is 1. The molecule has 0 saturated heterocycles. The molecule has 0 heterocycles. The maximum Gasteiger partial charge on any atom is 0.193 e. The minimum atomic E-state index is -1.43. The normalized spacial score (nSPS) is 10.6. The maximum atomic E-state index is 10.2. The monoisotopic (exact) mass is 443 g/mol. The van der Waals surface area contributed by atoms with Crippen LogP contribution in [0.25, 0.3) is 11.1 Å². The van der Waals surface area contributed by atoms with E-state index in [2.05, 4.69) is 12.1 Å². The van der Waals surface area contributed by atoms with Gasteiger partial charge in [0.1, 0.15) is 0 Å². The first kappa shape index (κ1) is 24.1. The quantitative estimate of drug-likeness (QED) is 0.495. The standard InChI is InChI=1S/C29H25N5/c1-19-12-22(23(15-30)16-31)6-9-26(19)27-10-7-24(13-20(27)2)29(17-32,18-33)28-11-8-25(34(4)5)14-21(28)3/h6-14,23H,1-5H3. The Morgan fingerprint density at radius 1 is 0.706 bits per heavy atom. The fraction of sp³-hybridized carbons (Fsp3) is 0.241. The van der Waals surface area contributed by atoms with Gasteiger partial charge in [-0.15, -0.1) is 0 Å². The molecule has 0 radical (unpaired) electrons. The Kier molecular flexibility index (Phi) is 6.73. The summed E-state index contributed by atoms with van der Waals surface area (Å²) in [6.07, 6.45) is 0. The van der Waals surface area contributed by atoms with Crippen LogP contribution in [0.4, 0.5) is 5.69 Å². The molecule has 5 nitrogen and oxygen atoms in total. The average molecular weight is 444 g/mol. The lowest BCUT2D eigenvalue weighted by atomic mass is 9.74. The van der Waals surface area contributed by atoms with Crippen molar-refractivity contribution >= 4 is 5.69 Å². The van der Waals surface area contributed by atoms with Gasteiger partial charge in [0.2, 0.25) is 0 Å². The van der Waals surface area contributed by atoms with Crippen molar-refractivity contribution in [2.24, 2.45) is 0 Å². The van der Waals surface area contributed by atoms with Gasteiger partial charge in [-0.1, -0.05) is 42.5 Å². The van der Waals surface area contributed by atoms with Gasteiger partial charge in [-0.05, 0) is 77.4 Å². The van der Waals surface area contributed by atoms with Crippen molar-refractivity contribution in [1.82, 2.24) is 0 Å². The van der Waals surface area contributed by atoms with Crippen molar-refractivity contribution in [3.05, 3.63) is 88.0 Å². The topological polar surface area (TPSA) is 98.4 Å². The van der Waals surface area contributed by atoms with Gasteiger partial charge in [0.15, 0.2) is 11.3 Å². The predicted molar refractivity (Wildman–Crippen MR) is 133 cm³/mol. The molecule has 0 bridgehead atoms. The fourth-order valence-corrected chi connectivity index (χ4v) is 4.32. The summed E-state index contributed by atoms with van der Waals surface area (Å²) in [7, 11) is 3.90. The van der Waals surface area contributed by atoms with E-state index in [1.54, 1.807) is 6.07 Å². The van der Waals surface area contributed by atoms with E-state index in [4.69, 9.17) is 0 Å². The summed E-state index contributed by atoms with van der Waals surface area (Å²) >= 11 is 0. The Morgan fingerprint density at radius 2 is 1.29 bits per heavy atom. The van der Waals surface area contributed by atoms with E-state index in [-0.39, 0.29) is 0 Å². The minimum absolute atomic E-state index is 0.628. The summed E-state index contributed by atoms with van der Waals surface area (Å²) in [6.45, 7) is 5.83. The second kappa shape index (κ2) is 9.50. The van der Waals surface area contributed by atoms with E-state index < -0.39 is 11.3 Å². The van der Waals surface area contributed by atoms with Crippen molar-refractivity contribution in [2.75, 3.05) is 19.0 Å². The molecule has 0 aromatic heterocycles. The van der Waals surface area contributed by atoms with E-state index in [0.717, 1.165) is 33.5 Å². The highest BCUT2D eigenvalue weighted by Gasteiger charge is 2.36. The Labute approximate surface area is 201 Å². The molecule has 0 aliphatic heterocycles. The Bertz CT molecular complexity index is 1390. The molecule has 0 aliphatic carbocycles. The summed E-state index contributed by atoms with van der Waals surface area (Å²) in [5, 5.41) is 38.8. The smallest absolute Gasteiger partial charge is 0.193 e. The number of aryl methyl sites for hydroxylation is 3. The van der Waals surface area contributed by atoms with Gasteiger partial charge in [0.05, 0.1) is 24.3 Å². The third-order valence-electron chi connectivity index (χ3n) is 6.26. The summed E-state index contributed by atoms with van der Waals surface area (Å²) < 4.78 is 0. The number of nitriles is 4. The van der Waals surface area contributed by atoms with Crippen LogP contribution in [-0.4, -0.2) is 14.1 Å². The molecule has 3 aromatic rings. The van der Waals surface area contributed by atoms with Crippen LogP contribution in [0.3, 0.4) is 0 Å². The molecule has 0 spiro atoms. The minimum Gasteiger partial charge on any atom is -0.378 e. The zero-order chi connectivity index (χ0) is 25.0. The molecule has 166 valence electrons. The van der Waals surface area contributed by atoms with Crippen LogP contribution < -0.4 is 4.90 Å². The van der Waals surface area contributed by atoms with E-state index in [1.165, 1.54) is 0 Å². The SMILES string of the molecule is Cc1cc(C(C#N)C#N)ccc1-c1ccc(C(C#N)(C#N)c2ccc(N(C)C)cc2C)cc1C. The third kappa shape index (κ3) is 4.09. The second-order valence-electron chi connectivity index (χ2n) is 8.66. The summed E-state index contributed by atoms with van der Waals surface area (Å²) in [5.74, 6) is -0.801. The molecular weight excluding hydrogens is 418 g/mol. The van der Waals surface area contributed by atoms with E-state index >= 15 is 0 Å². The van der Waals surface area contributed by atoms with Crippen molar-refractivity contribution in [3.63, 3.8) is 0 Å². The van der Waals surface area contributed by atoms with Crippen molar-refractivity contribution in [1.29, 1.82) is 21.0 Å². The van der Waals surface area contributed by atoms with Crippen molar-refractivity contribution < 1.29 is 0 Å². The maximum absolute atomic E-state index is 10.2. The predicted octanol–water partition coefficient (Wildman–Crippen LogP) is 5.81. The van der Waals surface area contributed by atoms with Crippen LogP contribution in [-0.2, 0) is 5.41 Å². The van der Waals surface area contributed by atoms with Crippen molar-refractivity contribution in [2.45, 2.75) is 32.1 Å². The van der Waals surface area contributed by atoms with E-state index in [0.29, 0.717) is 16.7 Å². The lowest BCUT2D eigenvalue weighted by molar-refractivity contribution is 0.837. The van der Waals surface area contributed by atoms with E-state index in [9.17, 15) is 21.0 Å². The first-order chi connectivity index (χ1) is 16.2. The number of nitrogens with zero attached hydrogens (tertiary/aromatic N) is 5. The first-order valence-electron chi connectivity index (χ1n) is 10.8. The van der Waals surface area contributed by atoms with Crippen LogP contribution >= 0.6 is 0 Å². The number of hydrogen-bond donors (Lipinski definition) is 0.